The van der Waals surface area contributed by atoms with Gasteiger partial charge in [-0.1, -0.05) is 23.7 Å². The number of hydrogen-bond acceptors (Lipinski definition) is 5. The van der Waals surface area contributed by atoms with Gasteiger partial charge >= 0.3 is 0 Å². The Kier molecular flexibility index (Phi) is 6.45. The first kappa shape index (κ1) is 19.6. The Bertz CT molecular complexity index is 942. The maximum Gasteiger partial charge on any atom is 0.274 e. The number of carbonyl (C=O) groups is 1. The number of halogens is 1. The van der Waals surface area contributed by atoms with Gasteiger partial charge in [-0.05, 0) is 50.2 Å². The molecule has 0 atom stereocenters. The maximum atomic E-state index is 12.5. The maximum absolute atomic E-state index is 12.5. The van der Waals surface area contributed by atoms with Gasteiger partial charge < -0.3 is 15.5 Å². The van der Waals surface area contributed by atoms with E-state index in [1.165, 1.54) is 6.33 Å². The Balaban J connectivity index is 1.71. The summed E-state index contributed by atoms with van der Waals surface area (Å²) in [6, 6.07) is 16.7. The van der Waals surface area contributed by atoms with Crippen molar-refractivity contribution in [3.8, 4) is 0 Å². The third-order valence-corrected chi connectivity index (χ3v) is 4.62. The average molecular weight is 396 g/mol. The molecule has 0 fully saturated rings. The lowest BCUT2D eigenvalue weighted by molar-refractivity contribution is 0.102. The number of carbonyl (C=O) groups excluding carboxylic acids is 1. The Morgan fingerprint density at radius 1 is 1.04 bits per heavy atom. The van der Waals surface area contributed by atoms with E-state index in [0.29, 0.717) is 16.5 Å². The highest BCUT2D eigenvalue weighted by Gasteiger charge is 2.11. The molecule has 0 saturated heterocycles. The molecule has 0 unspecified atom stereocenters. The fourth-order valence-corrected chi connectivity index (χ4v) is 2.97. The fraction of sp³-hybridized carbons (Fsp3) is 0.190. The summed E-state index contributed by atoms with van der Waals surface area (Å²) in [6.45, 7) is 6.18. The number of nitrogens with zero attached hydrogens (tertiary/aromatic N) is 3. The molecule has 2 aromatic carbocycles. The molecule has 0 spiro atoms. The molecule has 1 amide bonds. The van der Waals surface area contributed by atoms with E-state index >= 15 is 0 Å². The molecule has 0 saturated carbocycles. The predicted molar refractivity (Wildman–Crippen MR) is 115 cm³/mol. The summed E-state index contributed by atoms with van der Waals surface area (Å²) in [4.78, 5) is 23.0. The largest absolute Gasteiger partial charge is 0.372 e. The zero-order valence-corrected chi connectivity index (χ0v) is 16.6. The highest BCUT2D eigenvalue weighted by atomic mass is 35.5. The number of nitrogens with one attached hydrogen (secondary N) is 2. The third-order valence-electron chi connectivity index (χ3n) is 4.29. The molecular formula is C21H22ClN5O. The minimum atomic E-state index is -0.351. The van der Waals surface area contributed by atoms with E-state index in [9.17, 15) is 4.79 Å². The highest BCUT2D eigenvalue weighted by molar-refractivity contribution is 6.33. The number of rotatable bonds is 7. The minimum absolute atomic E-state index is 0.247. The number of anilines is 4. The molecule has 28 heavy (non-hydrogen) atoms. The first-order valence-corrected chi connectivity index (χ1v) is 9.48. The van der Waals surface area contributed by atoms with Crippen molar-refractivity contribution in [2.24, 2.45) is 0 Å². The smallest absolute Gasteiger partial charge is 0.274 e. The fourth-order valence-electron chi connectivity index (χ4n) is 2.79. The number of aromatic nitrogens is 2. The van der Waals surface area contributed by atoms with Crippen molar-refractivity contribution < 1.29 is 4.79 Å². The average Bonchev–Trinajstić information content (AvgIpc) is 2.72. The molecule has 2 N–H and O–H groups in total. The summed E-state index contributed by atoms with van der Waals surface area (Å²) in [5, 5.41) is 6.43. The van der Waals surface area contributed by atoms with E-state index in [4.69, 9.17) is 11.6 Å². The molecule has 1 heterocycles. The van der Waals surface area contributed by atoms with Gasteiger partial charge in [0.25, 0.3) is 5.91 Å². The van der Waals surface area contributed by atoms with Gasteiger partial charge in [0.1, 0.15) is 17.8 Å². The molecular weight excluding hydrogens is 374 g/mol. The summed E-state index contributed by atoms with van der Waals surface area (Å²) < 4.78 is 0. The van der Waals surface area contributed by atoms with Crippen molar-refractivity contribution in [3.05, 3.63) is 71.6 Å². The zero-order valence-electron chi connectivity index (χ0n) is 15.8. The monoisotopic (exact) mass is 395 g/mol. The topological polar surface area (TPSA) is 70.2 Å². The van der Waals surface area contributed by atoms with E-state index in [2.05, 4.69) is 51.5 Å². The third kappa shape index (κ3) is 4.78. The Morgan fingerprint density at radius 3 is 2.43 bits per heavy atom. The molecule has 0 aliphatic heterocycles. The lowest BCUT2D eigenvalue weighted by Crippen LogP contribution is -2.21. The molecule has 6 nitrogen and oxygen atoms in total. The van der Waals surface area contributed by atoms with Crippen LogP contribution < -0.4 is 15.5 Å². The van der Waals surface area contributed by atoms with Gasteiger partial charge in [0.2, 0.25) is 0 Å². The van der Waals surface area contributed by atoms with Crippen molar-refractivity contribution >= 4 is 40.4 Å². The van der Waals surface area contributed by atoms with Gasteiger partial charge in [0, 0.05) is 30.5 Å². The quantitative estimate of drug-likeness (QED) is 0.590. The second-order valence-corrected chi connectivity index (χ2v) is 6.47. The number of hydrogen-bond donors (Lipinski definition) is 2. The SMILES string of the molecule is CCN(CC)c1ccc(Nc2cc(C(=O)Nc3ccccc3Cl)ncn2)cc1. The van der Waals surface area contributed by atoms with Gasteiger partial charge in [0.15, 0.2) is 0 Å². The van der Waals surface area contributed by atoms with Crippen molar-refractivity contribution in [2.75, 3.05) is 28.6 Å². The van der Waals surface area contributed by atoms with Crippen LogP contribution >= 0.6 is 11.6 Å². The standard InChI is InChI=1S/C21H22ClN5O/c1-3-27(4-2)16-11-9-15(10-12-16)25-20-13-19(23-14-24-20)21(28)26-18-8-6-5-7-17(18)22/h5-14H,3-4H2,1-2H3,(H,26,28)(H,23,24,25). The van der Waals surface area contributed by atoms with Crippen LogP contribution in [0.3, 0.4) is 0 Å². The number of benzene rings is 2. The second kappa shape index (κ2) is 9.19. The summed E-state index contributed by atoms with van der Waals surface area (Å²) in [7, 11) is 0. The van der Waals surface area contributed by atoms with Gasteiger partial charge in [0.05, 0.1) is 10.7 Å². The van der Waals surface area contributed by atoms with Crippen LogP contribution in [-0.2, 0) is 0 Å². The van der Waals surface area contributed by atoms with Crippen LogP contribution in [0.25, 0.3) is 0 Å². The molecule has 0 aliphatic carbocycles. The van der Waals surface area contributed by atoms with Crippen LogP contribution in [0.5, 0.6) is 0 Å². The van der Waals surface area contributed by atoms with Gasteiger partial charge in [-0.3, -0.25) is 4.79 Å². The molecule has 1 aromatic heterocycles. The van der Waals surface area contributed by atoms with E-state index in [0.717, 1.165) is 24.5 Å². The van der Waals surface area contributed by atoms with Crippen LogP contribution in [0.4, 0.5) is 22.9 Å². The van der Waals surface area contributed by atoms with Gasteiger partial charge in [-0.25, -0.2) is 9.97 Å². The van der Waals surface area contributed by atoms with Crippen LogP contribution in [0.15, 0.2) is 60.9 Å². The van der Waals surface area contributed by atoms with Crippen molar-refractivity contribution in [1.29, 1.82) is 0 Å². The van der Waals surface area contributed by atoms with E-state index < -0.39 is 0 Å². The van der Waals surface area contributed by atoms with Crippen molar-refractivity contribution in [1.82, 2.24) is 9.97 Å². The highest BCUT2D eigenvalue weighted by Crippen LogP contribution is 2.22. The van der Waals surface area contributed by atoms with Crippen LogP contribution in [0.1, 0.15) is 24.3 Å². The van der Waals surface area contributed by atoms with Crippen molar-refractivity contribution in [2.45, 2.75) is 13.8 Å². The van der Waals surface area contributed by atoms with E-state index in [1.54, 1.807) is 30.3 Å². The Morgan fingerprint density at radius 2 is 1.75 bits per heavy atom. The van der Waals surface area contributed by atoms with Crippen LogP contribution in [0.2, 0.25) is 5.02 Å². The second-order valence-electron chi connectivity index (χ2n) is 6.07. The van der Waals surface area contributed by atoms with Crippen LogP contribution in [0, 0.1) is 0 Å². The first-order valence-electron chi connectivity index (χ1n) is 9.10. The molecule has 0 bridgehead atoms. The molecule has 0 radical (unpaired) electrons. The lowest BCUT2D eigenvalue weighted by atomic mass is 10.2. The van der Waals surface area contributed by atoms with E-state index in [1.807, 2.05) is 12.1 Å². The molecule has 7 heteroatoms. The zero-order chi connectivity index (χ0) is 19.9. The Labute approximate surface area is 169 Å². The van der Waals surface area contributed by atoms with Gasteiger partial charge in [-0.15, -0.1) is 0 Å². The van der Waals surface area contributed by atoms with Crippen molar-refractivity contribution in [3.63, 3.8) is 0 Å². The van der Waals surface area contributed by atoms with Crippen LogP contribution in [-0.4, -0.2) is 29.0 Å². The molecule has 0 aliphatic rings. The first-order chi connectivity index (χ1) is 13.6. The van der Waals surface area contributed by atoms with Gasteiger partial charge in [-0.2, -0.15) is 0 Å². The summed E-state index contributed by atoms with van der Waals surface area (Å²) in [5.74, 6) is 0.185. The number of para-hydroxylation sites is 1. The molecule has 144 valence electrons. The molecule has 3 aromatic rings. The Hall–Kier alpha value is -3.12. The summed E-state index contributed by atoms with van der Waals surface area (Å²) in [6.07, 6.45) is 1.36. The molecule has 3 rings (SSSR count). The lowest BCUT2D eigenvalue weighted by Gasteiger charge is -2.21. The summed E-state index contributed by atoms with van der Waals surface area (Å²) in [5.41, 5.74) is 2.83. The van der Waals surface area contributed by atoms with E-state index in [-0.39, 0.29) is 11.6 Å². The normalized spacial score (nSPS) is 10.4. The predicted octanol–water partition coefficient (Wildman–Crippen LogP) is 4.97. The summed E-state index contributed by atoms with van der Waals surface area (Å²) >= 11 is 6.09. The minimum Gasteiger partial charge on any atom is -0.372 e. The number of amides is 1.